The molecule has 1 atom stereocenters. The lowest BCUT2D eigenvalue weighted by Gasteiger charge is -2.18. The fourth-order valence-corrected chi connectivity index (χ4v) is 4.30. The Morgan fingerprint density at radius 1 is 0.931 bits per heavy atom. The summed E-state index contributed by atoms with van der Waals surface area (Å²) in [6.07, 6.45) is 2.21. The fraction of sp³-hybridized carbons (Fsp3) is 0.192. The predicted molar refractivity (Wildman–Crippen MR) is 119 cm³/mol. The number of hydrogen-bond acceptors (Lipinski definition) is 2. The Kier molecular flexibility index (Phi) is 4.44. The minimum Gasteiger partial charge on any atom is -0.481 e. The minimum absolute atomic E-state index is 0.112. The van der Waals surface area contributed by atoms with E-state index in [0.717, 1.165) is 34.7 Å². The van der Waals surface area contributed by atoms with Gasteiger partial charge in [0.2, 0.25) is 0 Å². The Bertz CT molecular complexity index is 1220. The molecule has 0 aliphatic heterocycles. The molecule has 0 heterocycles. The highest BCUT2D eigenvalue weighted by atomic mass is 16.5. The summed E-state index contributed by atoms with van der Waals surface area (Å²) in [6.45, 7) is 1.97. The molecule has 1 N–H and O–H groups in total. The largest absolute Gasteiger partial charge is 0.481 e. The molecule has 29 heavy (non-hydrogen) atoms. The zero-order chi connectivity index (χ0) is 19.8. The topological polar surface area (TPSA) is 38.3 Å². The van der Waals surface area contributed by atoms with Gasteiger partial charge in [0.25, 0.3) is 5.91 Å². The van der Waals surface area contributed by atoms with E-state index in [1.165, 1.54) is 16.5 Å². The van der Waals surface area contributed by atoms with Gasteiger partial charge in [0, 0.05) is 11.1 Å². The van der Waals surface area contributed by atoms with E-state index < -0.39 is 6.10 Å². The standard InChI is InChI=1S/C26H23NO2/c1-2-24(29-21-14-12-17-6-3-4-7-20(17)16-21)26(28)27-23-15-13-19-11-10-18-8-5-9-22(23)25(18)19/h3-9,12-16,24H,2,10-11H2,1H3,(H,27,28)/t24-/m0/s1. The zero-order valence-corrected chi connectivity index (χ0v) is 16.4. The number of rotatable bonds is 5. The van der Waals surface area contributed by atoms with Crippen LogP contribution in [0.25, 0.3) is 21.5 Å². The van der Waals surface area contributed by atoms with Crippen LogP contribution in [0, 0.1) is 0 Å². The number of nitrogens with one attached hydrogen (secondary N) is 1. The quantitative estimate of drug-likeness (QED) is 0.468. The number of carbonyl (C=O) groups excluding carboxylic acids is 1. The van der Waals surface area contributed by atoms with Crippen LogP contribution in [0.1, 0.15) is 24.5 Å². The van der Waals surface area contributed by atoms with E-state index in [-0.39, 0.29) is 5.91 Å². The second kappa shape index (κ2) is 7.25. The van der Waals surface area contributed by atoms with Crippen LogP contribution in [0.15, 0.2) is 72.8 Å². The lowest BCUT2D eigenvalue weighted by atomic mass is 10.0. The van der Waals surface area contributed by atoms with Gasteiger partial charge in [0.05, 0.1) is 0 Å². The van der Waals surface area contributed by atoms with Crippen LogP contribution in [0.3, 0.4) is 0 Å². The van der Waals surface area contributed by atoms with Gasteiger partial charge in [-0.2, -0.15) is 0 Å². The van der Waals surface area contributed by atoms with Crippen molar-refractivity contribution in [3.05, 3.63) is 83.9 Å². The van der Waals surface area contributed by atoms with Crippen molar-refractivity contribution in [1.82, 2.24) is 0 Å². The van der Waals surface area contributed by atoms with Gasteiger partial charge in [-0.25, -0.2) is 0 Å². The molecule has 1 aliphatic rings. The van der Waals surface area contributed by atoms with Gasteiger partial charge in [-0.15, -0.1) is 0 Å². The molecule has 0 fully saturated rings. The number of carbonyl (C=O) groups is 1. The van der Waals surface area contributed by atoms with E-state index in [4.69, 9.17) is 4.74 Å². The number of benzene rings is 4. The lowest BCUT2D eigenvalue weighted by Crippen LogP contribution is -2.32. The van der Waals surface area contributed by atoms with E-state index in [1.807, 2.05) is 43.3 Å². The Morgan fingerprint density at radius 3 is 2.55 bits per heavy atom. The Balaban J connectivity index is 1.40. The maximum Gasteiger partial charge on any atom is 0.265 e. The number of ether oxygens (including phenoxy) is 1. The first-order valence-electron chi connectivity index (χ1n) is 10.2. The van der Waals surface area contributed by atoms with E-state index in [0.29, 0.717) is 12.2 Å². The summed E-state index contributed by atoms with van der Waals surface area (Å²) in [7, 11) is 0. The predicted octanol–water partition coefficient (Wildman–Crippen LogP) is 5.89. The highest BCUT2D eigenvalue weighted by Crippen LogP contribution is 2.35. The summed E-state index contributed by atoms with van der Waals surface area (Å²) in [6, 6.07) is 24.6. The number of fused-ring (bicyclic) bond motifs is 1. The van der Waals surface area contributed by atoms with Gasteiger partial charge >= 0.3 is 0 Å². The third kappa shape index (κ3) is 3.23. The van der Waals surface area contributed by atoms with Crippen LogP contribution in [-0.2, 0) is 17.6 Å². The molecule has 3 heteroatoms. The molecular formula is C26H23NO2. The number of amides is 1. The molecule has 0 spiro atoms. The van der Waals surface area contributed by atoms with Gasteiger partial charge in [-0.05, 0) is 64.7 Å². The molecule has 4 aromatic rings. The van der Waals surface area contributed by atoms with E-state index in [9.17, 15) is 4.79 Å². The zero-order valence-electron chi connectivity index (χ0n) is 16.4. The van der Waals surface area contributed by atoms with Crippen LogP contribution in [0.4, 0.5) is 5.69 Å². The molecule has 4 aromatic carbocycles. The maximum absolute atomic E-state index is 13.0. The SMILES string of the molecule is CC[C@H](Oc1ccc2ccccc2c1)C(=O)Nc1ccc2c3c(cccc13)CC2. The average molecular weight is 381 g/mol. The second-order valence-electron chi connectivity index (χ2n) is 7.62. The van der Waals surface area contributed by atoms with Crippen molar-refractivity contribution in [3.63, 3.8) is 0 Å². The first-order valence-corrected chi connectivity index (χ1v) is 10.2. The van der Waals surface area contributed by atoms with Crippen LogP contribution in [0.5, 0.6) is 5.75 Å². The van der Waals surface area contributed by atoms with E-state index >= 15 is 0 Å². The third-order valence-corrected chi connectivity index (χ3v) is 5.80. The molecule has 3 nitrogen and oxygen atoms in total. The second-order valence-corrected chi connectivity index (χ2v) is 7.62. The Morgan fingerprint density at radius 2 is 1.72 bits per heavy atom. The maximum atomic E-state index is 13.0. The Labute approximate surface area is 170 Å². The van der Waals surface area contributed by atoms with Gasteiger partial charge in [-0.3, -0.25) is 4.79 Å². The molecule has 0 unspecified atom stereocenters. The molecule has 144 valence electrons. The van der Waals surface area contributed by atoms with Gasteiger partial charge in [-0.1, -0.05) is 61.5 Å². The van der Waals surface area contributed by atoms with E-state index in [1.54, 1.807) is 0 Å². The summed E-state index contributed by atoms with van der Waals surface area (Å²) >= 11 is 0. The molecule has 0 saturated heterocycles. The van der Waals surface area contributed by atoms with Crippen molar-refractivity contribution in [2.24, 2.45) is 0 Å². The van der Waals surface area contributed by atoms with Crippen molar-refractivity contribution < 1.29 is 9.53 Å². The van der Waals surface area contributed by atoms with Crippen molar-refractivity contribution in [1.29, 1.82) is 0 Å². The van der Waals surface area contributed by atoms with Crippen molar-refractivity contribution in [2.45, 2.75) is 32.3 Å². The highest BCUT2D eigenvalue weighted by Gasteiger charge is 2.21. The van der Waals surface area contributed by atoms with Crippen LogP contribution < -0.4 is 10.1 Å². The van der Waals surface area contributed by atoms with Crippen molar-refractivity contribution in [2.75, 3.05) is 5.32 Å². The van der Waals surface area contributed by atoms with Crippen LogP contribution in [-0.4, -0.2) is 12.0 Å². The molecule has 0 radical (unpaired) electrons. The number of hydrogen-bond donors (Lipinski definition) is 1. The van der Waals surface area contributed by atoms with Crippen molar-refractivity contribution in [3.8, 4) is 5.75 Å². The molecule has 0 bridgehead atoms. The van der Waals surface area contributed by atoms with Crippen LogP contribution in [0.2, 0.25) is 0 Å². The van der Waals surface area contributed by atoms with E-state index in [2.05, 4.69) is 41.7 Å². The summed E-state index contributed by atoms with van der Waals surface area (Å²) < 4.78 is 6.07. The Hall–Kier alpha value is -3.33. The summed E-state index contributed by atoms with van der Waals surface area (Å²) in [5.74, 6) is 0.602. The molecule has 0 aromatic heterocycles. The average Bonchev–Trinajstić information content (AvgIpc) is 3.18. The summed E-state index contributed by atoms with van der Waals surface area (Å²) in [5, 5.41) is 7.79. The first-order chi connectivity index (χ1) is 14.2. The lowest BCUT2D eigenvalue weighted by molar-refractivity contribution is -0.122. The van der Waals surface area contributed by atoms with Crippen LogP contribution >= 0.6 is 0 Å². The molecule has 0 saturated carbocycles. The van der Waals surface area contributed by atoms with Gasteiger partial charge in [0.15, 0.2) is 6.10 Å². The molecule has 1 amide bonds. The normalized spacial score (nSPS) is 13.6. The number of anilines is 1. The minimum atomic E-state index is -0.542. The number of aryl methyl sites for hydroxylation is 2. The first kappa shape index (κ1) is 17.7. The third-order valence-electron chi connectivity index (χ3n) is 5.80. The molecule has 5 rings (SSSR count). The fourth-order valence-electron chi connectivity index (χ4n) is 4.30. The summed E-state index contributed by atoms with van der Waals surface area (Å²) in [5.41, 5.74) is 3.60. The molecule has 1 aliphatic carbocycles. The summed E-state index contributed by atoms with van der Waals surface area (Å²) in [4.78, 5) is 13.0. The highest BCUT2D eigenvalue weighted by molar-refractivity contribution is 6.06. The van der Waals surface area contributed by atoms with Gasteiger partial charge in [0.1, 0.15) is 5.75 Å². The molecular weight excluding hydrogens is 358 g/mol. The van der Waals surface area contributed by atoms with Gasteiger partial charge < -0.3 is 10.1 Å². The van der Waals surface area contributed by atoms with Crippen molar-refractivity contribution >= 4 is 33.1 Å². The monoisotopic (exact) mass is 381 g/mol. The smallest absolute Gasteiger partial charge is 0.265 e.